The minimum absolute atomic E-state index is 0.314. The van der Waals surface area contributed by atoms with Crippen LogP contribution in [0.4, 0.5) is 0 Å². The lowest BCUT2D eigenvalue weighted by Crippen LogP contribution is -2.09. The van der Waals surface area contributed by atoms with Crippen LogP contribution in [0.2, 0.25) is 0 Å². The third-order valence-corrected chi connectivity index (χ3v) is 3.91. The van der Waals surface area contributed by atoms with Crippen molar-refractivity contribution < 1.29 is 19.8 Å². The third kappa shape index (κ3) is 3.79. The Balaban J connectivity index is 2.24. The summed E-state index contributed by atoms with van der Waals surface area (Å²) in [6, 6.07) is 9.69. The molecular formula is C16H14O4S. The van der Waals surface area contributed by atoms with Gasteiger partial charge in [-0.1, -0.05) is 29.8 Å². The fourth-order valence-corrected chi connectivity index (χ4v) is 2.78. The van der Waals surface area contributed by atoms with E-state index in [0.717, 1.165) is 16.5 Å². The zero-order valence-corrected chi connectivity index (χ0v) is 12.2. The number of hydrogen-bond acceptors (Lipinski definition) is 4. The average molecular weight is 302 g/mol. The van der Waals surface area contributed by atoms with Crippen molar-refractivity contribution in [2.45, 2.75) is 13.3 Å². The molecule has 2 aromatic rings. The summed E-state index contributed by atoms with van der Waals surface area (Å²) in [5.41, 5.74) is 2.75. The van der Waals surface area contributed by atoms with Crippen molar-refractivity contribution in [1.29, 1.82) is 0 Å². The van der Waals surface area contributed by atoms with Gasteiger partial charge >= 0.3 is 5.97 Å². The smallest absolute Gasteiger partial charge is 0.376 e. The van der Waals surface area contributed by atoms with Crippen LogP contribution in [-0.4, -0.2) is 22.0 Å². The second-order valence-electron chi connectivity index (χ2n) is 4.62. The van der Waals surface area contributed by atoms with E-state index in [1.807, 2.05) is 31.2 Å². The van der Waals surface area contributed by atoms with Crippen molar-refractivity contribution >= 4 is 28.8 Å². The number of thiophene rings is 1. The lowest BCUT2D eigenvalue weighted by Gasteiger charge is -2.04. The Bertz CT molecular complexity index is 695. The van der Waals surface area contributed by atoms with Gasteiger partial charge in [0.1, 0.15) is 5.76 Å². The molecule has 0 atom stereocenters. The number of carbonyl (C=O) groups excluding carboxylic acids is 1. The number of aliphatic hydroxyl groups is 1. The van der Waals surface area contributed by atoms with E-state index in [9.17, 15) is 14.7 Å². The summed E-state index contributed by atoms with van der Waals surface area (Å²) < 4.78 is 0. The van der Waals surface area contributed by atoms with Crippen LogP contribution in [0.15, 0.2) is 41.8 Å². The van der Waals surface area contributed by atoms with Gasteiger partial charge in [0, 0.05) is 22.9 Å². The number of ketones is 1. The molecule has 2 N–H and O–H groups in total. The van der Waals surface area contributed by atoms with Crippen molar-refractivity contribution in [3.05, 3.63) is 63.4 Å². The molecule has 0 fully saturated rings. The second kappa shape index (κ2) is 6.37. The molecule has 0 spiro atoms. The maximum absolute atomic E-state index is 11.1. The molecule has 1 aromatic heterocycles. The van der Waals surface area contributed by atoms with Gasteiger partial charge in [0.15, 0.2) is 0 Å². The molecule has 1 aromatic carbocycles. The summed E-state index contributed by atoms with van der Waals surface area (Å²) in [5, 5.41) is 20.3. The highest BCUT2D eigenvalue weighted by Crippen LogP contribution is 2.25. The van der Waals surface area contributed by atoms with E-state index in [1.54, 1.807) is 11.4 Å². The number of aryl methyl sites for hydroxylation is 1. The molecule has 0 aliphatic heterocycles. The first-order valence-electron chi connectivity index (χ1n) is 6.27. The summed E-state index contributed by atoms with van der Waals surface area (Å²) in [6.07, 6.45) is 1.36. The molecular weight excluding hydrogens is 288 g/mol. The van der Waals surface area contributed by atoms with Crippen molar-refractivity contribution in [1.82, 2.24) is 0 Å². The van der Waals surface area contributed by atoms with Crippen LogP contribution in [0.3, 0.4) is 0 Å². The maximum atomic E-state index is 11.1. The van der Waals surface area contributed by atoms with E-state index < -0.39 is 11.8 Å². The van der Waals surface area contributed by atoms with Crippen LogP contribution in [0.1, 0.15) is 21.6 Å². The summed E-state index contributed by atoms with van der Waals surface area (Å²) in [4.78, 5) is 22.5. The van der Waals surface area contributed by atoms with E-state index in [0.29, 0.717) is 12.0 Å². The zero-order chi connectivity index (χ0) is 15.4. The maximum Gasteiger partial charge on any atom is 0.376 e. The van der Waals surface area contributed by atoms with E-state index in [-0.39, 0.29) is 5.76 Å². The summed E-state index contributed by atoms with van der Waals surface area (Å²) >= 11 is 1.45. The molecule has 0 unspecified atom stereocenters. The Morgan fingerprint density at radius 1 is 1.14 bits per heavy atom. The van der Waals surface area contributed by atoms with Crippen molar-refractivity contribution in [2.24, 2.45) is 0 Å². The lowest BCUT2D eigenvalue weighted by atomic mass is 10.1. The summed E-state index contributed by atoms with van der Waals surface area (Å²) in [5.74, 6) is -3.04. The number of rotatable bonds is 5. The molecule has 2 rings (SSSR count). The molecule has 0 aliphatic carbocycles. The molecule has 0 saturated carbocycles. The Kier molecular flexibility index (Phi) is 4.55. The third-order valence-electron chi connectivity index (χ3n) is 2.99. The standard InChI is InChI=1S/C16H14O4S/c1-10-2-4-11(5-3-10)8-15-12(6-7-21-15)13(17)9-14(18)16(19)20/h2-7,9,17H,8H2,1H3,(H,19,20). The Morgan fingerprint density at radius 3 is 2.43 bits per heavy atom. The Morgan fingerprint density at radius 2 is 1.81 bits per heavy atom. The Hall–Kier alpha value is -2.40. The number of aliphatic carboxylic acids is 1. The van der Waals surface area contributed by atoms with Crippen molar-refractivity contribution in [3.8, 4) is 0 Å². The van der Waals surface area contributed by atoms with E-state index >= 15 is 0 Å². The number of hydrogen-bond donors (Lipinski definition) is 2. The number of carboxylic acids is 1. The molecule has 21 heavy (non-hydrogen) atoms. The zero-order valence-electron chi connectivity index (χ0n) is 11.4. The highest BCUT2D eigenvalue weighted by molar-refractivity contribution is 7.10. The van der Waals surface area contributed by atoms with Crippen LogP contribution in [0.25, 0.3) is 5.76 Å². The molecule has 0 saturated heterocycles. The highest BCUT2D eigenvalue weighted by Gasteiger charge is 2.14. The molecule has 0 radical (unpaired) electrons. The van der Waals surface area contributed by atoms with Gasteiger partial charge in [-0.2, -0.15) is 0 Å². The summed E-state index contributed by atoms with van der Waals surface area (Å²) in [6.45, 7) is 2.01. The van der Waals surface area contributed by atoms with Gasteiger partial charge in [0.05, 0.1) is 0 Å². The first-order valence-corrected chi connectivity index (χ1v) is 7.15. The SMILES string of the molecule is Cc1ccc(Cc2sccc2C(O)=CC(=O)C(=O)O)cc1. The van der Waals surface area contributed by atoms with Crippen LogP contribution >= 0.6 is 11.3 Å². The second-order valence-corrected chi connectivity index (χ2v) is 5.62. The monoisotopic (exact) mass is 302 g/mol. The number of carboxylic acid groups (broad SMARTS) is 1. The van der Waals surface area contributed by atoms with Crippen LogP contribution in [0, 0.1) is 6.92 Å². The minimum Gasteiger partial charge on any atom is -0.507 e. The number of aliphatic hydroxyl groups excluding tert-OH is 1. The van der Waals surface area contributed by atoms with E-state index in [2.05, 4.69) is 0 Å². The summed E-state index contributed by atoms with van der Waals surface area (Å²) in [7, 11) is 0. The Labute approximate surface area is 126 Å². The van der Waals surface area contributed by atoms with Gasteiger partial charge in [-0.3, -0.25) is 4.79 Å². The van der Waals surface area contributed by atoms with Gasteiger partial charge in [-0.15, -0.1) is 11.3 Å². The topological polar surface area (TPSA) is 74.6 Å². The van der Waals surface area contributed by atoms with Crippen molar-refractivity contribution in [2.75, 3.05) is 0 Å². The average Bonchev–Trinajstić information content (AvgIpc) is 2.89. The molecule has 0 aliphatic rings. The lowest BCUT2D eigenvalue weighted by molar-refractivity contribution is -0.146. The molecule has 0 bridgehead atoms. The van der Waals surface area contributed by atoms with Gasteiger partial charge in [-0.05, 0) is 23.9 Å². The first kappa shape index (κ1) is 15.0. The minimum atomic E-state index is -1.59. The fourth-order valence-electron chi connectivity index (χ4n) is 1.86. The van der Waals surface area contributed by atoms with Gasteiger partial charge in [-0.25, -0.2) is 4.79 Å². The number of benzene rings is 1. The van der Waals surface area contributed by atoms with Gasteiger partial charge in [0.2, 0.25) is 0 Å². The molecule has 5 heteroatoms. The normalized spacial score (nSPS) is 11.4. The number of carbonyl (C=O) groups is 2. The van der Waals surface area contributed by atoms with E-state index in [1.165, 1.54) is 16.9 Å². The van der Waals surface area contributed by atoms with Crippen LogP contribution in [0.5, 0.6) is 0 Å². The predicted molar refractivity (Wildman–Crippen MR) is 81.6 cm³/mol. The highest BCUT2D eigenvalue weighted by atomic mass is 32.1. The van der Waals surface area contributed by atoms with Crippen molar-refractivity contribution in [3.63, 3.8) is 0 Å². The quantitative estimate of drug-likeness (QED) is 0.505. The van der Waals surface area contributed by atoms with Crippen LogP contribution in [-0.2, 0) is 16.0 Å². The van der Waals surface area contributed by atoms with Gasteiger partial charge in [0.25, 0.3) is 5.78 Å². The molecule has 0 amide bonds. The largest absolute Gasteiger partial charge is 0.507 e. The van der Waals surface area contributed by atoms with E-state index in [4.69, 9.17) is 5.11 Å². The van der Waals surface area contributed by atoms with Crippen LogP contribution < -0.4 is 0 Å². The first-order chi connectivity index (χ1) is 9.97. The molecule has 1 heterocycles. The molecule has 4 nitrogen and oxygen atoms in total. The fraction of sp³-hybridized carbons (Fsp3) is 0.125. The predicted octanol–water partition coefficient (Wildman–Crippen LogP) is 3.20. The van der Waals surface area contributed by atoms with Gasteiger partial charge < -0.3 is 10.2 Å². The molecule has 108 valence electrons.